The zero-order chi connectivity index (χ0) is 42.3. The molecule has 0 unspecified atom stereocenters. The molecule has 0 saturated heterocycles. The van der Waals surface area contributed by atoms with Crippen LogP contribution in [0.4, 0.5) is 22.0 Å². The van der Waals surface area contributed by atoms with E-state index in [1.165, 1.54) is 6.07 Å². The van der Waals surface area contributed by atoms with Gasteiger partial charge in [-0.15, -0.1) is 0 Å². The van der Waals surface area contributed by atoms with E-state index in [4.69, 9.17) is 5.73 Å². The fourth-order valence-electron chi connectivity index (χ4n) is 6.03. The van der Waals surface area contributed by atoms with Gasteiger partial charge in [-0.05, 0) is 35.2 Å². The van der Waals surface area contributed by atoms with Crippen molar-refractivity contribution in [1.29, 1.82) is 0 Å². The highest BCUT2D eigenvalue weighted by Gasteiger charge is 2.48. The molecule has 3 aromatic rings. The molecule has 3 atom stereocenters. The predicted molar refractivity (Wildman–Crippen MR) is 192 cm³/mol. The van der Waals surface area contributed by atoms with Gasteiger partial charge >= 0.3 is 12.1 Å². The van der Waals surface area contributed by atoms with Gasteiger partial charge in [0.15, 0.2) is 0 Å². The number of hydrogen-bond acceptors (Lipinski definition) is 9. The van der Waals surface area contributed by atoms with Crippen LogP contribution in [-0.2, 0) is 40.0 Å². The molecule has 4 rings (SSSR count). The SMILES string of the molecule is CC(C)(C)[C@H](c1cc(-c2cc(F)ccc2F)cn1Cc1ccccc1)[C@H](O)C(=O)NCC[C@](N)(OC(=O)C(F)(F)F)C(=O)NCCNC(=O)CN1C(=O)C=CC1=O. The second kappa shape index (κ2) is 17.9. The number of aromatic nitrogens is 1. The number of aliphatic hydroxyl groups excluding tert-OH is 1. The van der Waals surface area contributed by atoms with Crippen LogP contribution in [0.25, 0.3) is 11.1 Å². The predicted octanol–water partition coefficient (Wildman–Crippen LogP) is 2.40. The van der Waals surface area contributed by atoms with Gasteiger partial charge in [0, 0.05) is 73.7 Å². The van der Waals surface area contributed by atoms with E-state index < -0.39 is 103 Å². The van der Waals surface area contributed by atoms with Crippen molar-refractivity contribution in [3.63, 3.8) is 0 Å². The Kier molecular flexibility index (Phi) is 13.7. The van der Waals surface area contributed by atoms with Crippen LogP contribution in [0.15, 0.2) is 72.9 Å². The molecule has 1 aromatic heterocycles. The third kappa shape index (κ3) is 11.3. The van der Waals surface area contributed by atoms with Gasteiger partial charge in [0.2, 0.25) is 17.5 Å². The molecule has 1 aliphatic heterocycles. The number of rotatable bonds is 16. The Bertz CT molecular complexity index is 2010. The van der Waals surface area contributed by atoms with E-state index in [1.54, 1.807) is 49.7 Å². The number of nitrogens with zero attached hydrogens (tertiary/aromatic N) is 2. The number of hydrogen-bond donors (Lipinski definition) is 5. The molecule has 6 N–H and O–H groups in total. The smallest absolute Gasteiger partial charge is 0.428 e. The fraction of sp³-hybridized carbons (Fsp3) is 0.368. The number of ether oxygens (including phenoxy) is 1. The zero-order valence-corrected chi connectivity index (χ0v) is 31.0. The minimum Gasteiger partial charge on any atom is -0.428 e. The molecule has 0 radical (unpaired) electrons. The van der Waals surface area contributed by atoms with Crippen LogP contribution in [0.2, 0.25) is 0 Å². The molecule has 14 nitrogen and oxygen atoms in total. The van der Waals surface area contributed by atoms with E-state index in [-0.39, 0.29) is 24.2 Å². The summed E-state index contributed by atoms with van der Waals surface area (Å²) in [6, 6.07) is 13.5. The van der Waals surface area contributed by atoms with Crippen molar-refractivity contribution in [2.75, 3.05) is 26.2 Å². The Morgan fingerprint density at radius 3 is 2.12 bits per heavy atom. The first-order valence-corrected chi connectivity index (χ1v) is 17.4. The standard InChI is InChI=1S/C38H41F5N6O8/c1-36(2,3)31(27-17-23(25-18-24(39)9-10-26(25)40)20-48(27)19-22-7-5-4-6-8-22)32(53)33(54)46-14-13-37(44,57-35(56)38(41,42)43)34(55)47-16-15-45-28(50)21-49-29(51)11-12-30(49)52/h4-12,17-18,20,31-32,53H,13-16,19,21,44H2,1-3H3,(H,45,50)(H,46,54)(H,47,55)/t31-,32+,37+/m1/s1. The summed E-state index contributed by atoms with van der Waals surface area (Å²) >= 11 is 0. The first kappa shape index (κ1) is 43.8. The number of alkyl halides is 3. The fourth-order valence-corrected chi connectivity index (χ4v) is 6.03. The largest absolute Gasteiger partial charge is 0.491 e. The number of esters is 1. The number of halogens is 5. The van der Waals surface area contributed by atoms with E-state index in [1.807, 2.05) is 12.1 Å². The third-order valence-corrected chi connectivity index (χ3v) is 8.82. The summed E-state index contributed by atoms with van der Waals surface area (Å²) in [7, 11) is 0. The van der Waals surface area contributed by atoms with E-state index in [0.717, 1.165) is 35.9 Å². The number of carbonyl (C=O) groups is 6. The Morgan fingerprint density at radius 2 is 1.51 bits per heavy atom. The number of amides is 5. The van der Waals surface area contributed by atoms with Gasteiger partial charge in [-0.25, -0.2) is 13.6 Å². The highest BCUT2D eigenvalue weighted by atomic mass is 19.4. The quantitative estimate of drug-likeness (QED) is 0.0474. The van der Waals surface area contributed by atoms with Gasteiger partial charge in [0.25, 0.3) is 17.7 Å². The molecule has 0 saturated carbocycles. The van der Waals surface area contributed by atoms with Gasteiger partial charge < -0.3 is 30.4 Å². The van der Waals surface area contributed by atoms with Crippen molar-refractivity contribution in [3.8, 4) is 11.1 Å². The summed E-state index contributed by atoms with van der Waals surface area (Å²) in [6.45, 7) is 3.19. The van der Waals surface area contributed by atoms with Crippen LogP contribution in [0.3, 0.4) is 0 Å². The van der Waals surface area contributed by atoms with Crippen molar-refractivity contribution < 1.29 is 60.6 Å². The van der Waals surface area contributed by atoms with E-state index >= 15 is 0 Å². The Hall–Kier alpha value is -5.95. The van der Waals surface area contributed by atoms with Crippen LogP contribution in [0, 0.1) is 17.0 Å². The molecule has 2 aromatic carbocycles. The topological polar surface area (TPSA) is 202 Å². The highest BCUT2D eigenvalue weighted by molar-refractivity contribution is 6.14. The van der Waals surface area contributed by atoms with Crippen LogP contribution in [0.1, 0.15) is 44.4 Å². The lowest BCUT2D eigenvalue weighted by atomic mass is 9.74. The number of carbonyl (C=O) groups excluding carboxylic acids is 6. The maximum Gasteiger partial charge on any atom is 0.491 e. The summed E-state index contributed by atoms with van der Waals surface area (Å²) in [5.74, 6) is -10.0. The average Bonchev–Trinajstić information content (AvgIpc) is 3.67. The lowest BCUT2D eigenvalue weighted by Crippen LogP contribution is -2.60. The molecule has 306 valence electrons. The minimum atomic E-state index is -5.57. The van der Waals surface area contributed by atoms with Gasteiger partial charge in [-0.1, -0.05) is 51.1 Å². The molecule has 0 bridgehead atoms. The maximum atomic E-state index is 14.9. The van der Waals surface area contributed by atoms with Crippen LogP contribution in [-0.4, -0.2) is 94.3 Å². The van der Waals surface area contributed by atoms with Gasteiger partial charge in [0.1, 0.15) is 24.3 Å². The molecule has 0 spiro atoms. The molecule has 0 aliphatic carbocycles. The van der Waals surface area contributed by atoms with Crippen molar-refractivity contribution in [2.24, 2.45) is 11.1 Å². The normalized spacial score (nSPS) is 15.2. The van der Waals surface area contributed by atoms with Crippen LogP contribution >= 0.6 is 0 Å². The van der Waals surface area contributed by atoms with E-state index in [9.17, 15) is 55.8 Å². The van der Waals surface area contributed by atoms with Crippen molar-refractivity contribution >= 4 is 35.5 Å². The van der Waals surface area contributed by atoms with Crippen molar-refractivity contribution in [2.45, 2.75) is 57.7 Å². The summed E-state index contributed by atoms with van der Waals surface area (Å²) in [5.41, 5.74) is 3.28. The number of aliphatic hydroxyl groups is 1. The minimum absolute atomic E-state index is 0.0735. The second-order valence-electron chi connectivity index (χ2n) is 14.2. The zero-order valence-electron chi connectivity index (χ0n) is 31.0. The molecule has 57 heavy (non-hydrogen) atoms. The molecular weight excluding hydrogens is 763 g/mol. The molecule has 1 aliphatic rings. The molecular formula is C38H41F5N6O8. The molecule has 0 fully saturated rings. The van der Waals surface area contributed by atoms with Crippen molar-refractivity contribution in [3.05, 3.63) is 95.8 Å². The van der Waals surface area contributed by atoms with E-state index in [2.05, 4.69) is 20.7 Å². The molecule has 5 amide bonds. The van der Waals surface area contributed by atoms with Gasteiger partial charge in [0.05, 0.1) is 0 Å². The average molecular weight is 805 g/mol. The van der Waals surface area contributed by atoms with Crippen LogP contribution < -0.4 is 21.7 Å². The maximum absolute atomic E-state index is 14.9. The third-order valence-electron chi connectivity index (χ3n) is 8.82. The summed E-state index contributed by atoms with van der Waals surface area (Å²) in [5, 5.41) is 18.3. The monoisotopic (exact) mass is 804 g/mol. The Balaban J connectivity index is 1.49. The summed E-state index contributed by atoms with van der Waals surface area (Å²) in [4.78, 5) is 74.4. The van der Waals surface area contributed by atoms with Gasteiger partial charge in [-0.2, -0.15) is 13.2 Å². The summed E-state index contributed by atoms with van der Waals surface area (Å²) in [6.07, 6.45) is -4.89. The number of nitrogens with two attached hydrogens (primary N) is 1. The number of nitrogens with one attached hydrogen (secondary N) is 3. The number of benzene rings is 2. The lowest BCUT2D eigenvalue weighted by molar-refractivity contribution is -0.214. The Labute approximate surface area is 323 Å². The molecule has 19 heteroatoms. The highest BCUT2D eigenvalue weighted by Crippen LogP contribution is 2.41. The van der Waals surface area contributed by atoms with Crippen molar-refractivity contribution in [1.82, 2.24) is 25.4 Å². The Morgan fingerprint density at radius 1 is 0.877 bits per heavy atom. The van der Waals surface area contributed by atoms with Crippen LogP contribution in [0.5, 0.6) is 0 Å². The first-order chi connectivity index (χ1) is 26.6. The van der Waals surface area contributed by atoms with Gasteiger partial charge in [-0.3, -0.25) is 34.6 Å². The lowest BCUT2D eigenvalue weighted by Gasteiger charge is -2.35. The van der Waals surface area contributed by atoms with E-state index in [0.29, 0.717) is 10.6 Å². The second-order valence-corrected chi connectivity index (χ2v) is 14.2. The first-order valence-electron chi connectivity index (χ1n) is 17.4. The number of imide groups is 1. The summed E-state index contributed by atoms with van der Waals surface area (Å²) < 4.78 is 74.8. The molecule has 2 heterocycles.